The molecule has 1 N–H and O–H groups in total. The van der Waals surface area contributed by atoms with Crippen molar-refractivity contribution in [3.63, 3.8) is 0 Å². The molecule has 3 aromatic rings. The van der Waals surface area contributed by atoms with Crippen molar-refractivity contribution in [2.24, 2.45) is 14.1 Å². The second-order valence-corrected chi connectivity index (χ2v) is 7.47. The predicted molar refractivity (Wildman–Crippen MR) is 122 cm³/mol. The molecule has 172 valence electrons. The van der Waals surface area contributed by atoms with Crippen molar-refractivity contribution in [3.05, 3.63) is 43.5 Å². The maximum absolute atomic E-state index is 12.8. The summed E-state index contributed by atoms with van der Waals surface area (Å²) >= 11 is 0. The highest BCUT2D eigenvalue weighted by atomic mass is 35.5. The second-order valence-electron chi connectivity index (χ2n) is 7.47. The van der Waals surface area contributed by atoms with Crippen LogP contribution in [0.15, 0.2) is 20.7 Å². The lowest BCUT2D eigenvalue weighted by Crippen LogP contribution is -2.37. The van der Waals surface area contributed by atoms with E-state index in [0.717, 1.165) is 36.3 Å². The van der Waals surface area contributed by atoms with Crippen LogP contribution in [0.3, 0.4) is 0 Å². The first-order valence-electron chi connectivity index (χ1n) is 9.93. The van der Waals surface area contributed by atoms with Gasteiger partial charge in [-0.1, -0.05) is 0 Å². The van der Waals surface area contributed by atoms with Crippen molar-refractivity contribution < 1.29 is 0 Å². The molecule has 1 saturated heterocycles. The Hall–Kier alpha value is -2.37. The third-order valence-electron chi connectivity index (χ3n) is 5.70. The van der Waals surface area contributed by atoms with Crippen LogP contribution in [0.1, 0.15) is 31.5 Å². The number of halogens is 2. The monoisotopic (exact) mass is 474 g/mol. The first kappa shape index (κ1) is 24.9. The van der Waals surface area contributed by atoms with Crippen LogP contribution in [0, 0.1) is 0 Å². The van der Waals surface area contributed by atoms with E-state index in [-0.39, 0.29) is 36.4 Å². The van der Waals surface area contributed by atoms with E-state index in [2.05, 4.69) is 15.4 Å². The van der Waals surface area contributed by atoms with Gasteiger partial charge in [-0.2, -0.15) is 5.10 Å². The van der Waals surface area contributed by atoms with Crippen molar-refractivity contribution in [3.8, 4) is 0 Å². The first-order chi connectivity index (χ1) is 13.9. The average Bonchev–Trinajstić information content (AvgIpc) is 3.30. The zero-order chi connectivity index (χ0) is 20.7. The van der Waals surface area contributed by atoms with Gasteiger partial charge in [-0.15, -0.1) is 24.8 Å². The summed E-state index contributed by atoms with van der Waals surface area (Å²) in [5, 5.41) is 7.98. The molecule has 1 atom stereocenters. The lowest BCUT2D eigenvalue weighted by atomic mass is 9.99. The van der Waals surface area contributed by atoms with Gasteiger partial charge in [-0.25, -0.2) is 19.3 Å². The lowest BCUT2D eigenvalue weighted by Gasteiger charge is -2.21. The minimum Gasteiger partial charge on any atom is -0.323 e. The van der Waals surface area contributed by atoms with Crippen molar-refractivity contribution in [2.75, 3.05) is 13.1 Å². The molecule has 1 aliphatic heterocycles. The number of aromatic nitrogens is 7. The Labute approximate surface area is 190 Å². The molecular weight excluding hydrogens is 447 g/mol. The van der Waals surface area contributed by atoms with Crippen molar-refractivity contribution >= 4 is 36.0 Å². The van der Waals surface area contributed by atoms with Gasteiger partial charge in [0, 0.05) is 39.6 Å². The Morgan fingerprint density at radius 3 is 2.48 bits per heavy atom. The third-order valence-corrected chi connectivity index (χ3v) is 5.70. The van der Waals surface area contributed by atoms with Gasteiger partial charge in [0.15, 0.2) is 11.2 Å². The predicted octanol–water partition coefficient (Wildman–Crippen LogP) is -0.177. The zero-order valence-electron chi connectivity index (χ0n) is 17.8. The van der Waals surface area contributed by atoms with Crippen LogP contribution in [-0.2, 0) is 33.7 Å². The molecule has 4 heterocycles. The van der Waals surface area contributed by atoms with E-state index < -0.39 is 11.2 Å². The molecular formula is C18H28Cl2N8O3. The summed E-state index contributed by atoms with van der Waals surface area (Å²) in [6.07, 6.45) is 3.61. The fourth-order valence-corrected chi connectivity index (χ4v) is 4.04. The number of rotatable bonds is 5. The highest BCUT2D eigenvalue weighted by Gasteiger charge is 2.23. The highest BCUT2D eigenvalue weighted by molar-refractivity contribution is 5.85. The molecule has 0 bridgehead atoms. The molecule has 3 aromatic heterocycles. The van der Waals surface area contributed by atoms with Crippen LogP contribution >= 0.6 is 24.8 Å². The van der Waals surface area contributed by atoms with E-state index in [4.69, 9.17) is 0 Å². The van der Waals surface area contributed by atoms with Crippen LogP contribution in [0.4, 0.5) is 0 Å². The Morgan fingerprint density at radius 2 is 1.84 bits per heavy atom. The lowest BCUT2D eigenvalue weighted by molar-refractivity contribution is 0.430. The van der Waals surface area contributed by atoms with Crippen molar-refractivity contribution in [2.45, 2.75) is 45.3 Å². The maximum atomic E-state index is 12.8. The van der Waals surface area contributed by atoms with Crippen LogP contribution in [0.25, 0.3) is 11.2 Å². The molecule has 0 aromatic carbocycles. The molecule has 1 aliphatic rings. The maximum Gasteiger partial charge on any atom is 0.345 e. The summed E-state index contributed by atoms with van der Waals surface area (Å²) in [4.78, 5) is 41.7. The molecule has 31 heavy (non-hydrogen) atoms. The van der Waals surface area contributed by atoms with E-state index in [1.54, 1.807) is 16.2 Å². The number of hydrogen-bond acceptors (Lipinski definition) is 6. The summed E-state index contributed by atoms with van der Waals surface area (Å²) < 4.78 is 7.28. The topological polar surface area (TPSA) is 114 Å². The Morgan fingerprint density at radius 1 is 1.10 bits per heavy atom. The van der Waals surface area contributed by atoms with Crippen molar-refractivity contribution in [1.82, 2.24) is 38.3 Å². The number of hydrogen-bond donors (Lipinski definition) is 1. The number of nitrogens with one attached hydrogen (secondary N) is 1. The largest absolute Gasteiger partial charge is 0.345 e. The normalized spacial score (nSPS) is 16.2. The third kappa shape index (κ3) is 4.21. The van der Waals surface area contributed by atoms with Gasteiger partial charge < -0.3 is 9.88 Å². The van der Waals surface area contributed by atoms with Gasteiger partial charge in [-0.05, 0) is 26.3 Å². The number of piperidine rings is 1. The van der Waals surface area contributed by atoms with Gasteiger partial charge in [-0.3, -0.25) is 18.5 Å². The van der Waals surface area contributed by atoms with Gasteiger partial charge >= 0.3 is 11.4 Å². The summed E-state index contributed by atoms with van der Waals surface area (Å²) in [7, 11) is 3.03. The molecule has 4 rings (SSSR count). The van der Waals surface area contributed by atoms with Crippen LogP contribution in [0.5, 0.6) is 0 Å². The number of imidazole rings is 1. The number of aryl methyl sites for hydroxylation is 3. The highest BCUT2D eigenvalue weighted by Crippen LogP contribution is 2.20. The molecule has 1 unspecified atom stereocenters. The molecule has 1 fully saturated rings. The molecule has 11 nitrogen and oxygen atoms in total. The summed E-state index contributed by atoms with van der Waals surface area (Å²) in [5.41, 5.74) is -0.289. The molecule has 0 spiro atoms. The summed E-state index contributed by atoms with van der Waals surface area (Å²) in [5.74, 6) is 1.05. The van der Waals surface area contributed by atoms with Crippen LogP contribution in [0.2, 0.25) is 0 Å². The Balaban J connectivity index is 0.00000171. The van der Waals surface area contributed by atoms with Gasteiger partial charge in [0.25, 0.3) is 5.56 Å². The van der Waals surface area contributed by atoms with Gasteiger partial charge in [0.2, 0.25) is 0 Å². The minimum atomic E-state index is -0.420. The Kier molecular flexibility index (Phi) is 7.90. The van der Waals surface area contributed by atoms with E-state index >= 15 is 0 Å². The molecule has 13 heteroatoms. The standard InChI is InChI=1S/C18H26N8O3.2ClH/c1-4-25-14(12-6-5-7-19-10-12)21-26(18(25)29)9-8-24-11-20-15-13(24)16(27)23(3)17(28)22(15)2;;/h11-12,19H,4-10H2,1-3H3;2*1H. The van der Waals surface area contributed by atoms with Gasteiger partial charge in [0.1, 0.15) is 5.82 Å². The zero-order valence-corrected chi connectivity index (χ0v) is 19.4. The molecule has 0 radical (unpaired) electrons. The van der Waals surface area contributed by atoms with Crippen LogP contribution < -0.4 is 22.3 Å². The average molecular weight is 475 g/mol. The van der Waals surface area contributed by atoms with E-state index in [1.807, 2.05) is 6.92 Å². The fourth-order valence-electron chi connectivity index (χ4n) is 4.04. The second kappa shape index (κ2) is 9.84. The van der Waals surface area contributed by atoms with Gasteiger partial charge in [0.05, 0.1) is 12.9 Å². The molecule has 0 saturated carbocycles. The molecule has 0 amide bonds. The van der Waals surface area contributed by atoms with E-state index in [9.17, 15) is 14.4 Å². The smallest absolute Gasteiger partial charge is 0.323 e. The number of fused-ring (bicyclic) bond motifs is 1. The fraction of sp³-hybridized carbons (Fsp3) is 0.611. The first-order valence-corrected chi connectivity index (χ1v) is 9.93. The SMILES string of the molecule is CCn1c(C2CCCNC2)nn(CCn2cnc3c2c(=O)n(C)c(=O)n3C)c1=O.Cl.Cl. The quantitative estimate of drug-likeness (QED) is 0.548. The van der Waals surface area contributed by atoms with Crippen molar-refractivity contribution in [1.29, 1.82) is 0 Å². The van der Waals surface area contributed by atoms with E-state index in [1.165, 1.54) is 22.6 Å². The number of nitrogens with zero attached hydrogens (tertiary/aromatic N) is 7. The minimum absolute atomic E-state index is 0. The summed E-state index contributed by atoms with van der Waals surface area (Å²) in [6.45, 7) is 5.01. The van der Waals surface area contributed by atoms with Crippen LogP contribution in [-0.4, -0.2) is 46.1 Å². The Bertz CT molecular complexity index is 1230. The van der Waals surface area contributed by atoms with E-state index in [0.29, 0.717) is 30.8 Å². The summed E-state index contributed by atoms with van der Waals surface area (Å²) in [6, 6.07) is 0. The molecule has 0 aliphatic carbocycles.